The summed E-state index contributed by atoms with van der Waals surface area (Å²) in [5, 5.41) is 78.6. The number of rotatable bonds is 15. The lowest BCUT2D eigenvalue weighted by atomic mass is 9.80. The molecule has 0 heterocycles. The van der Waals surface area contributed by atoms with Crippen molar-refractivity contribution in [3.63, 3.8) is 0 Å². The Morgan fingerprint density at radius 3 is 1.34 bits per heavy atom. The van der Waals surface area contributed by atoms with Crippen LogP contribution in [-0.2, 0) is 12.8 Å². The summed E-state index contributed by atoms with van der Waals surface area (Å²) in [6.45, 7) is -0.327. The van der Waals surface area contributed by atoms with Crippen LogP contribution >= 0.6 is 0 Å². The number of hydrogen-bond donors (Lipinski definition) is 8. The number of esters is 2. The summed E-state index contributed by atoms with van der Waals surface area (Å²) in [4.78, 5) is 25.7. The first-order valence-corrected chi connectivity index (χ1v) is 15.4. The zero-order valence-corrected chi connectivity index (χ0v) is 27.2. The van der Waals surface area contributed by atoms with Gasteiger partial charge in [-0.2, -0.15) is 0 Å². The van der Waals surface area contributed by atoms with Gasteiger partial charge in [0.1, 0.15) is 0 Å². The number of ether oxygens (including phenoxy) is 4. The average Bonchev–Trinajstić information content (AvgIpc) is 3.10. The van der Waals surface area contributed by atoms with Gasteiger partial charge in [-0.3, -0.25) is 0 Å². The van der Waals surface area contributed by atoms with Crippen molar-refractivity contribution in [2.24, 2.45) is 11.8 Å². The van der Waals surface area contributed by atoms with Crippen molar-refractivity contribution in [1.82, 2.24) is 0 Å². The Bertz CT molecular complexity index is 1790. The molecule has 0 radical (unpaired) electrons. The number of phenolic OH excluding ortho intramolecular Hbond substituents is 6. The molecule has 0 spiro atoms. The van der Waals surface area contributed by atoms with E-state index in [-0.39, 0.29) is 59.2 Å². The Hall–Kier alpha value is -5.86. The van der Waals surface area contributed by atoms with Crippen LogP contribution in [0, 0.1) is 11.8 Å². The zero-order valence-electron chi connectivity index (χ0n) is 27.2. The van der Waals surface area contributed by atoms with E-state index in [1.54, 1.807) is 36.4 Å². The third-order valence-electron chi connectivity index (χ3n) is 8.10. The van der Waals surface area contributed by atoms with Crippen LogP contribution < -0.4 is 18.9 Å². The van der Waals surface area contributed by atoms with E-state index in [9.17, 15) is 50.4 Å². The number of carbonyl (C=O) groups is 2. The molecule has 14 heteroatoms. The fourth-order valence-electron chi connectivity index (χ4n) is 5.46. The van der Waals surface area contributed by atoms with Crippen LogP contribution in [0.15, 0.2) is 60.7 Å². The third kappa shape index (κ3) is 8.78. The van der Waals surface area contributed by atoms with Crippen molar-refractivity contribution >= 4 is 11.9 Å². The first-order valence-electron chi connectivity index (χ1n) is 15.4. The van der Waals surface area contributed by atoms with Crippen LogP contribution in [0.2, 0.25) is 0 Å². The minimum atomic E-state index is -0.944. The monoisotopic (exact) mass is 694 g/mol. The second-order valence-corrected chi connectivity index (χ2v) is 11.5. The Morgan fingerprint density at radius 1 is 0.580 bits per heavy atom. The van der Waals surface area contributed by atoms with Crippen molar-refractivity contribution in [2.45, 2.75) is 25.7 Å². The standard InChI is InChI=1S/C36H38O14/c1-47-29-7-5-19(12-31(29)49-35(45)22-14-25(39)33(43)26(40)15-22)10-21(4-3-9-37)24(18-38)11-20-6-8-30(48-2)32(13-20)50-36(46)23-16-27(41)34(44)28(42)17-23/h5-8,12-17,21,24,37-44H,3-4,9-11,18H2,1-2H3/t21-,24+/m0/s1. The molecule has 0 saturated carbocycles. The van der Waals surface area contributed by atoms with Crippen molar-refractivity contribution in [3.05, 3.63) is 82.9 Å². The van der Waals surface area contributed by atoms with Crippen LogP contribution in [-0.4, -0.2) is 80.2 Å². The van der Waals surface area contributed by atoms with E-state index >= 15 is 0 Å². The van der Waals surface area contributed by atoms with Gasteiger partial charge in [0.15, 0.2) is 57.5 Å². The molecule has 4 rings (SSSR count). The molecule has 0 aliphatic heterocycles. The molecule has 2 atom stereocenters. The average molecular weight is 695 g/mol. The largest absolute Gasteiger partial charge is 0.504 e. The second-order valence-electron chi connectivity index (χ2n) is 11.5. The van der Waals surface area contributed by atoms with Gasteiger partial charge in [0.2, 0.25) is 0 Å². The van der Waals surface area contributed by atoms with Crippen molar-refractivity contribution < 1.29 is 69.4 Å². The van der Waals surface area contributed by atoms with Crippen LogP contribution in [0.25, 0.3) is 0 Å². The molecule has 0 aromatic heterocycles. The van der Waals surface area contributed by atoms with Crippen LogP contribution in [0.1, 0.15) is 44.7 Å². The summed E-state index contributed by atoms with van der Waals surface area (Å²) in [7, 11) is 2.76. The number of carbonyl (C=O) groups excluding carboxylic acids is 2. The van der Waals surface area contributed by atoms with E-state index in [2.05, 4.69) is 0 Å². The molecule has 0 amide bonds. The maximum absolute atomic E-state index is 12.9. The number of aliphatic hydroxyl groups is 2. The van der Waals surface area contributed by atoms with Crippen molar-refractivity contribution in [3.8, 4) is 57.5 Å². The molecule has 14 nitrogen and oxygen atoms in total. The van der Waals surface area contributed by atoms with Crippen LogP contribution in [0.4, 0.5) is 0 Å². The molecular formula is C36H38O14. The van der Waals surface area contributed by atoms with Gasteiger partial charge in [0.05, 0.1) is 25.3 Å². The first kappa shape index (κ1) is 37.0. The van der Waals surface area contributed by atoms with Gasteiger partial charge in [-0.15, -0.1) is 0 Å². The highest BCUT2D eigenvalue weighted by Gasteiger charge is 2.25. The van der Waals surface area contributed by atoms with Gasteiger partial charge < -0.3 is 59.8 Å². The van der Waals surface area contributed by atoms with E-state index in [0.717, 1.165) is 24.3 Å². The lowest BCUT2D eigenvalue weighted by molar-refractivity contribution is 0.0719. The zero-order chi connectivity index (χ0) is 36.5. The molecule has 0 aliphatic rings. The Balaban J connectivity index is 1.56. The fourth-order valence-corrected chi connectivity index (χ4v) is 5.46. The molecule has 4 aromatic rings. The summed E-state index contributed by atoms with van der Waals surface area (Å²) in [5.41, 5.74) is 0.917. The Labute approximate surface area is 286 Å². The SMILES string of the molecule is COc1ccc(C[C@H](CO)[C@@H](CCCO)Cc2ccc(OC)c(OC(=O)c3cc(O)c(O)c(O)c3)c2)cc1OC(=O)c1cc(O)c(O)c(O)c1. The number of phenols is 6. The highest BCUT2D eigenvalue weighted by Crippen LogP contribution is 2.39. The molecule has 0 fully saturated rings. The Kier molecular flexibility index (Phi) is 12.2. The number of hydrogen-bond acceptors (Lipinski definition) is 14. The summed E-state index contributed by atoms with van der Waals surface area (Å²) in [6, 6.07) is 13.6. The van der Waals surface area contributed by atoms with Gasteiger partial charge in [0.25, 0.3) is 0 Å². The lowest BCUT2D eigenvalue weighted by Gasteiger charge is -2.26. The van der Waals surface area contributed by atoms with Crippen molar-refractivity contribution in [1.29, 1.82) is 0 Å². The smallest absolute Gasteiger partial charge is 0.343 e. The minimum absolute atomic E-state index is 0.0301. The summed E-state index contributed by atoms with van der Waals surface area (Å²) < 4.78 is 21.7. The van der Waals surface area contributed by atoms with Gasteiger partial charge >= 0.3 is 11.9 Å². The molecular weight excluding hydrogens is 656 g/mol. The molecule has 50 heavy (non-hydrogen) atoms. The summed E-state index contributed by atoms with van der Waals surface area (Å²) in [6.07, 6.45) is 1.64. The predicted octanol–water partition coefficient (Wildman–Crippen LogP) is 4.16. The fraction of sp³-hybridized carbons (Fsp3) is 0.278. The Morgan fingerprint density at radius 2 is 0.980 bits per heavy atom. The summed E-state index contributed by atoms with van der Waals surface area (Å²) in [5.74, 6) is -6.34. The van der Waals surface area contributed by atoms with Crippen LogP contribution in [0.3, 0.4) is 0 Å². The molecule has 0 bridgehead atoms. The minimum Gasteiger partial charge on any atom is -0.504 e. The molecule has 4 aromatic carbocycles. The first-order chi connectivity index (χ1) is 23.9. The number of aliphatic hydroxyl groups excluding tert-OH is 2. The van der Waals surface area contributed by atoms with Gasteiger partial charge in [0, 0.05) is 13.2 Å². The van der Waals surface area contributed by atoms with E-state index in [0.29, 0.717) is 36.8 Å². The van der Waals surface area contributed by atoms with Gasteiger partial charge in [-0.25, -0.2) is 9.59 Å². The molecule has 266 valence electrons. The highest BCUT2D eigenvalue weighted by atomic mass is 16.6. The maximum Gasteiger partial charge on any atom is 0.343 e. The van der Waals surface area contributed by atoms with Crippen molar-refractivity contribution in [2.75, 3.05) is 27.4 Å². The molecule has 0 aliphatic carbocycles. The molecule has 8 N–H and O–H groups in total. The highest BCUT2D eigenvalue weighted by molar-refractivity contribution is 5.93. The van der Waals surface area contributed by atoms with E-state index < -0.39 is 46.4 Å². The number of benzene rings is 4. The molecule has 0 saturated heterocycles. The second kappa shape index (κ2) is 16.5. The van der Waals surface area contributed by atoms with E-state index in [1.807, 2.05) is 0 Å². The van der Waals surface area contributed by atoms with Gasteiger partial charge in [-0.1, -0.05) is 12.1 Å². The topological polar surface area (TPSA) is 233 Å². The van der Waals surface area contributed by atoms with Gasteiger partial charge in [-0.05, 0) is 97.2 Å². The predicted molar refractivity (Wildman–Crippen MR) is 177 cm³/mol. The van der Waals surface area contributed by atoms with E-state index in [1.165, 1.54) is 14.2 Å². The number of methoxy groups -OCH3 is 2. The normalized spacial score (nSPS) is 12.2. The third-order valence-corrected chi connectivity index (χ3v) is 8.10. The lowest BCUT2D eigenvalue weighted by Crippen LogP contribution is -2.24. The maximum atomic E-state index is 12.9. The number of aromatic hydroxyl groups is 6. The quantitative estimate of drug-likeness (QED) is 0.0496. The molecule has 0 unspecified atom stereocenters. The summed E-state index contributed by atoms with van der Waals surface area (Å²) >= 11 is 0. The van der Waals surface area contributed by atoms with E-state index in [4.69, 9.17) is 18.9 Å². The van der Waals surface area contributed by atoms with Crippen LogP contribution in [0.5, 0.6) is 57.5 Å².